The molecule has 1 N–H and O–H groups in total. The summed E-state index contributed by atoms with van der Waals surface area (Å²) in [5.41, 5.74) is 2.48. The lowest BCUT2D eigenvalue weighted by atomic mass is 10.0. The molecule has 5 rings (SSSR count). The van der Waals surface area contributed by atoms with Gasteiger partial charge in [-0.15, -0.1) is 0 Å². The van der Waals surface area contributed by atoms with Crippen LogP contribution in [0.3, 0.4) is 0 Å². The number of nitrogens with one attached hydrogen (secondary N) is 1. The molecule has 2 aliphatic rings. The lowest BCUT2D eigenvalue weighted by molar-refractivity contribution is -0.153. The van der Waals surface area contributed by atoms with Gasteiger partial charge in [0.05, 0.1) is 30.0 Å². The topological polar surface area (TPSA) is 89.7 Å². The highest BCUT2D eigenvalue weighted by Gasteiger charge is 2.30. The molecule has 1 fully saturated rings. The molecule has 4 heterocycles. The summed E-state index contributed by atoms with van der Waals surface area (Å²) in [6.45, 7) is 3.41. The van der Waals surface area contributed by atoms with Crippen molar-refractivity contribution in [2.75, 3.05) is 32.8 Å². The zero-order chi connectivity index (χ0) is 26.0. The first-order valence-corrected chi connectivity index (χ1v) is 13.2. The molecule has 37 heavy (non-hydrogen) atoms. The number of carbonyl (C=O) groups is 1. The van der Waals surface area contributed by atoms with Gasteiger partial charge >= 0.3 is 6.18 Å². The van der Waals surface area contributed by atoms with Gasteiger partial charge in [-0.25, -0.2) is 9.97 Å². The fourth-order valence-electron chi connectivity index (χ4n) is 4.79. The van der Waals surface area contributed by atoms with Gasteiger partial charge in [-0.05, 0) is 37.8 Å². The predicted molar refractivity (Wildman–Crippen MR) is 131 cm³/mol. The maximum absolute atomic E-state index is 12.8. The molecule has 0 unspecified atom stereocenters. The summed E-state index contributed by atoms with van der Waals surface area (Å²) < 4.78 is 53.7. The van der Waals surface area contributed by atoms with Gasteiger partial charge < -0.3 is 24.1 Å². The Morgan fingerprint density at radius 3 is 2.86 bits per heavy atom. The van der Waals surface area contributed by atoms with Crippen molar-refractivity contribution in [3.63, 3.8) is 0 Å². The van der Waals surface area contributed by atoms with Crippen LogP contribution in [0.5, 0.6) is 5.19 Å². The quantitative estimate of drug-likeness (QED) is 0.480. The molecule has 8 nitrogen and oxygen atoms in total. The van der Waals surface area contributed by atoms with Crippen LogP contribution in [-0.4, -0.2) is 71.9 Å². The van der Waals surface area contributed by atoms with Gasteiger partial charge in [0.25, 0.3) is 11.1 Å². The van der Waals surface area contributed by atoms with Crippen LogP contribution >= 0.6 is 11.3 Å². The molecule has 2 atom stereocenters. The minimum absolute atomic E-state index is 0.0583. The summed E-state index contributed by atoms with van der Waals surface area (Å²) in [6.07, 6.45) is -0.205. The second-order valence-electron chi connectivity index (χ2n) is 9.47. The molecule has 0 bridgehead atoms. The third-order valence-corrected chi connectivity index (χ3v) is 7.75. The Morgan fingerprint density at radius 1 is 1.24 bits per heavy atom. The summed E-state index contributed by atoms with van der Waals surface area (Å²) >= 11 is 1.21. The van der Waals surface area contributed by atoms with E-state index in [1.807, 2.05) is 6.07 Å². The van der Waals surface area contributed by atoms with Crippen molar-refractivity contribution in [2.45, 2.75) is 57.3 Å². The number of rotatable bonds is 7. The predicted octanol–water partition coefficient (Wildman–Crippen LogP) is 4.30. The molecule has 2 aliphatic heterocycles. The first-order chi connectivity index (χ1) is 17.7. The number of fused-ring (bicyclic) bond motifs is 2. The molecule has 12 heteroatoms. The molecule has 0 saturated carbocycles. The van der Waals surface area contributed by atoms with Crippen molar-refractivity contribution in [2.24, 2.45) is 0 Å². The normalized spacial score (nSPS) is 21.0. The van der Waals surface area contributed by atoms with Crippen molar-refractivity contribution < 1.29 is 31.9 Å². The highest BCUT2D eigenvalue weighted by molar-refractivity contribution is 7.13. The van der Waals surface area contributed by atoms with E-state index >= 15 is 0 Å². The monoisotopic (exact) mass is 538 g/mol. The average Bonchev–Trinajstić information content (AvgIpc) is 3.39. The lowest BCUT2D eigenvalue weighted by Gasteiger charge is -2.31. The molecule has 1 amide bonds. The molecular formula is C25H29F3N4O4S. The highest BCUT2D eigenvalue weighted by atomic mass is 32.1. The van der Waals surface area contributed by atoms with Gasteiger partial charge in [-0.1, -0.05) is 17.4 Å². The minimum Gasteiger partial charge on any atom is -0.460 e. The molecule has 1 aromatic carbocycles. The number of benzene rings is 1. The number of carbonyl (C=O) groups excluding carboxylic acids is 1. The number of hydrogen-bond donors (Lipinski definition) is 1. The van der Waals surface area contributed by atoms with Gasteiger partial charge in [0.2, 0.25) is 0 Å². The smallest absolute Gasteiger partial charge is 0.422 e. The second-order valence-corrected chi connectivity index (χ2v) is 10.5. The van der Waals surface area contributed by atoms with Gasteiger partial charge in [0.15, 0.2) is 18.1 Å². The number of hydrogen-bond acceptors (Lipinski definition) is 8. The van der Waals surface area contributed by atoms with Crippen molar-refractivity contribution >= 4 is 28.3 Å². The second kappa shape index (κ2) is 11.0. The third kappa shape index (κ3) is 6.60. The van der Waals surface area contributed by atoms with E-state index in [9.17, 15) is 18.0 Å². The Morgan fingerprint density at radius 2 is 2.08 bits per heavy atom. The fourth-order valence-corrected chi connectivity index (χ4v) is 5.73. The summed E-state index contributed by atoms with van der Waals surface area (Å²) in [7, 11) is 0. The van der Waals surface area contributed by atoms with Gasteiger partial charge in [0, 0.05) is 37.9 Å². The molecule has 2 aromatic heterocycles. The van der Waals surface area contributed by atoms with Crippen LogP contribution in [0.25, 0.3) is 11.1 Å². The van der Waals surface area contributed by atoms with Gasteiger partial charge in [-0.2, -0.15) is 13.2 Å². The number of amides is 1. The Labute approximate surface area is 216 Å². The molecule has 0 aliphatic carbocycles. The summed E-state index contributed by atoms with van der Waals surface area (Å²) in [6, 6.07) is 5.30. The number of thiazole rings is 1. The van der Waals surface area contributed by atoms with E-state index in [1.54, 1.807) is 19.1 Å². The third-order valence-electron chi connectivity index (χ3n) is 6.68. The number of halogens is 3. The van der Waals surface area contributed by atoms with Crippen LogP contribution < -0.4 is 10.1 Å². The van der Waals surface area contributed by atoms with Crippen molar-refractivity contribution in [3.05, 3.63) is 40.2 Å². The van der Waals surface area contributed by atoms with Crippen LogP contribution in [0, 0.1) is 6.92 Å². The van der Waals surface area contributed by atoms with E-state index in [0.29, 0.717) is 35.6 Å². The molecule has 0 spiro atoms. The number of aromatic nitrogens is 2. The largest absolute Gasteiger partial charge is 0.460 e. The SMILES string of the molecule is Cc1nc2cccc(C(=O)N[C@H]3CC[C@H](CCN4CCc5nc(OCC(F)(F)F)sc5CC4)OC3)c2o1. The number of aryl methyl sites for hydroxylation is 1. The van der Waals surface area contributed by atoms with Crippen molar-refractivity contribution in [3.8, 4) is 5.19 Å². The average molecular weight is 539 g/mol. The summed E-state index contributed by atoms with van der Waals surface area (Å²) in [4.78, 5) is 24.7. The Balaban J connectivity index is 1.04. The number of para-hydroxylation sites is 1. The molecule has 200 valence electrons. The maximum atomic E-state index is 12.8. The van der Waals surface area contributed by atoms with E-state index in [0.717, 1.165) is 55.9 Å². The summed E-state index contributed by atoms with van der Waals surface area (Å²) in [5, 5.41) is 3.16. The Hall–Kier alpha value is -2.70. The van der Waals surface area contributed by atoms with Gasteiger partial charge in [-0.3, -0.25) is 4.79 Å². The Kier molecular flexibility index (Phi) is 7.68. The molecule has 0 radical (unpaired) electrons. The number of ether oxygens (including phenoxy) is 2. The van der Waals surface area contributed by atoms with E-state index in [4.69, 9.17) is 13.9 Å². The van der Waals surface area contributed by atoms with Crippen LogP contribution in [-0.2, 0) is 17.6 Å². The standard InChI is InChI=1S/C25H29F3N4O4S/c1-15-29-20-4-2-3-18(22(20)36-15)23(33)30-16-5-6-17(34-13-16)7-10-32-11-8-19-21(9-12-32)37-24(31-19)35-14-25(26,27)28/h2-4,16-17H,5-14H2,1H3,(H,30,33)/t16-,17+/m0/s1. The lowest BCUT2D eigenvalue weighted by Crippen LogP contribution is -2.43. The van der Waals surface area contributed by atoms with Crippen LogP contribution in [0.2, 0.25) is 0 Å². The van der Waals surface area contributed by atoms with Crippen LogP contribution in [0.4, 0.5) is 13.2 Å². The number of oxazole rings is 1. The summed E-state index contributed by atoms with van der Waals surface area (Å²) in [5.74, 6) is 0.335. The first-order valence-electron chi connectivity index (χ1n) is 12.4. The Bertz CT molecular complexity index is 1210. The number of alkyl halides is 3. The van der Waals surface area contributed by atoms with E-state index in [2.05, 4.69) is 20.2 Å². The van der Waals surface area contributed by atoms with E-state index in [-0.39, 0.29) is 23.2 Å². The molecular weight excluding hydrogens is 509 g/mol. The van der Waals surface area contributed by atoms with Crippen LogP contribution in [0.15, 0.2) is 22.6 Å². The molecule has 1 saturated heterocycles. The molecule has 3 aromatic rings. The zero-order valence-corrected chi connectivity index (χ0v) is 21.3. The zero-order valence-electron chi connectivity index (χ0n) is 20.5. The van der Waals surface area contributed by atoms with Crippen molar-refractivity contribution in [1.82, 2.24) is 20.2 Å². The van der Waals surface area contributed by atoms with E-state index in [1.165, 1.54) is 11.3 Å². The van der Waals surface area contributed by atoms with E-state index < -0.39 is 12.8 Å². The van der Waals surface area contributed by atoms with Crippen molar-refractivity contribution in [1.29, 1.82) is 0 Å². The van der Waals surface area contributed by atoms with Crippen LogP contribution in [0.1, 0.15) is 46.1 Å². The van der Waals surface area contributed by atoms with Gasteiger partial charge in [0.1, 0.15) is 5.52 Å². The highest BCUT2D eigenvalue weighted by Crippen LogP contribution is 2.30. The fraction of sp³-hybridized carbons (Fsp3) is 0.560. The maximum Gasteiger partial charge on any atom is 0.422 e. The minimum atomic E-state index is -4.36. The number of nitrogens with zero attached hydrogens (tertiary/aromatic N) is 3. The first kappa shape index (κ1) is 25.9.